The predicted molar refractivity (Wildman–Crippen MR) is 48.4 cm³/mol. The summed E-state index contributed by atoms with van der Waals surface area (Å²) in [5.74, 6) is 0.401. The molecule has 1 fully saturated rings. The monoisotopic (exact) mass is 185 g/mol. The van der Waals surface area contributed by atoms with E-state index in [2.05, 4.69) is 5.16 Å². The number of hydrogen-bond acceptors (Lipinski definition) is 3. The molecule has 13 heavy (non-hydrogen) atoms. The standard InChI is InChI=1S/C8H15N3O2/c1-2-11-5-6(8(9)10-13)3-4-7(11)12/h6,13H,2-5H2,1H3,(H2,9,10). The van der Waals surface area contributed by atoms with E-state index in [1.54, 1.807) is 4.90 Å². The van der Waals surface area contributed by atoms with Gasteiger partial charge in [-0.3, -0.25) is 4.79 Å². The molecular weight excluding hydrogens is 170 g/mol. The Morgan fingerprint density at radius 1 is 1.85 bits per heavy atom. The summed E-state index contributed by atoms with van der Waals surface area (Å²) in [6.07, 6.45) is 1.18. The van der Waals surface area contributed by atoms with E-state index in [0.29, 0.717) is 25.9 Å². The van der Waals surface area contributed by atoms with Crippen molar-refractivity contribution in [3.8, 4) is 0 Å². The van der Waals surface area contributed by atoms with Crippen molar-refractivity contribution in [1.29, 1.82) is 0 Å². The highest BCUT2D eigenvalue weighted by molar-refractivity contribution is 5.85. The zero-order valence-electron chi connectivity index (χ0n) is 7.73. The molecule has 0 aliphatic carbocycles. The molecule has 1 aliphatic heterocycles. The van der Waals surface area contributed by atoms with E-state index in [9.17, 15) is 4.79 Å². The summed E-state index contributed by atoms with van der Waals surface area (Å²) in [4.78, 5) is 13.0. The highest BCUT2D eigenvalue weighted by Crippen LogP contribution is 2.17. The average Bonchev–Trinajstić information content (AvgIpc) is 2.17. The first-order valence-corrected chi connectivity index (χ1v) is 4.44. The number of nitrogens with zero attached hydrogens (tertiary/aromatic N) is 2. The summed E-state index contributed by atoms with van der Waals surface area (Å²) in [6, 6.07) is 0. The lowest BCUT2D eigenvalue weighted by atomic mass is 9.97. The third kappa shape index (κ3) is 2.11. The van der Waals surface area contributed by atoms with Crippen LogP contribution >= 0.6 is 0 Å². The van der Waals surface area contributed by atoms with E-state index >= 15 is 0 Å². The maximum absolute atomic E-state index is 11.3. The summed E-state index contributed by atoms with van der Waals surface area (Å²) < 4.78 is 0. The molecule has 5 heteroatoms. The summed E-state index contributed by atoms with van der Waals surface area (Å²) in [5, 5.41) is 11.4. The Labute approximate surface area is 77.2 Å². The van der Waals surface area contributed by atoms with Crippen molar-refractivity contribution < 1.29 is 10.0 Å². The number of likely N-dealkylation sites (tertiary alicyclic amines) is 1. The fourth-order valence-corrected chi connectivity index (χ4v) is 1.54. The van der Waals surface area contributed by atoms with E-state index in [1.165, 1.54) is 0 Å². The second kappa shape index (κ2) is 4.11. The Kier molecular flexibility index (Phi) is 3.11. The van der Waals surface area contributed by atoms with Crippen LogP contribution in [0.25, 0.3) is 0 Å². The molecule has 0 saturated carbocycles. The topological polar surface area (TPSA) is 78.9 Å². The number of piperidine rings is 1. The van der Waals surface area contributed by atoms with Gasteiger partial charge in [-0.25, -0.2) is 0 Å². The maximum atomic E-state index is 11.3. The Balaban J connectivity index is 2.59. The SMILES string of the molecule is CCN1CC(C(N)=NO)CCC1=O. The molecule has 1 saturated heterocycles. The van der Waals surface area contributed by atoms with Gasteiger partial charge in [0.25, 0.3) is 0 Å². The molecule has 0 bridgehead atoms. The molecule has 0 aromatic carbocycles. The zero-order valence-corrected chi connectivity index (χ0v) is 7.73. The van der Waals surface area contributed by atoms with Gasteiger partial charge in [-0.2, -0.15) is 0 Å². The smallest absolute Gasteiger partial charge is 0.222 e. The number of hydrogen-bond donors (Lipinski definition) is 2. The number of amidine groups is 1. The lowest BCUT2D eigenvalue weighted by Gasteiger charge is -2.30. The molecule has 1 aliphatic rings. The molecule has 0 radical (unpaired) electrons. The van der Waals surface area contributed by atoms with E-state index in [1.807, 2.05) is 6.92 Å². The first-order valence-electron chi connectivity index (χ1n) is 4.44. The Morgan fingerprint density at radius 2 is 2.54 bits per heavy atom. The number of amides is 1. The second-order valence-corrected chi connectivity index (χ2v) is 3.19. The van der Waals surface area contributed by atoms with Gasteiger partial charge in [0.2, 0.25) is 5.91 Å². The van der Waals surface area contributed by atoms with Gasteiger partial charge in [0, 0.05) is 25.4 Å². The number of oxime groups is 1. The highest BCUT2D eigenvalue weighted by Gasteiger charge is 2.26. The van der Waals surface area contributed by atoms with Gasteiger partial charge in [-0.05, 0) is 13.3 Å². The van der Waals surface area contributed by atoms with Gasteiger partial charge >= 0.3 is 0 Å². The normalized spacial score (nSPS) is 25.0. The van der Waals surface area contributed by atoms with Gasteiger partial charge in [-0.15, -0.1) is 0 Å². The summed E-state index contributed by atoms with van der Waals surface area (Å²) in [5.41, 5.74) is 5.47. The largest absolute Gasteiger partial charge is 0.409 e. The van der Waals surface area contributed by atoms with E-state index in [4.69, 9.17) is 10.9 Å². The third-order valence-corrected chi connectivity index (χ3v) is 2.42. The molecule has 5 nitrogen and oxygen atoms in total. The van der Waals surface area contributed by atoms with Crippen LogP contribution in [0.2, 0.25) is 0 Å². The fraction of sp³-hybridized carbons (Fsp3) is 0.750. The van der Waals surface area contributed by atoms with Crippen molar-refractivity contribution in [2.75, 3.05) is 13.1 Å². The second-order valence-electron chi connectivity index (χ2n) is 3.19. The van der Waals surface area contributed by atoms with Crippen LogP contribution in [0.3, 0.4) is 0 Å². The fourth-order valence-electron chi connectivity index (χ4n) is 1.54. The van der Waals surface area contributed by atoms with Crippen molar-refractivity contribution in [2.24, 2.45) is 16.8 Å². The lowest BCUT2D eigenvalue weighted by molar-refractivity contribution is -0.133. The van der Waals surface area contributed by atoms with Crippen LogP contribution in [-0.4, -0.2) is 34.9 Å². The highest BCUT2D eigenvalue weighted by atomic mass is 16.4. The van der Waals surface area contributed by atoms with Crippen LogP contribution in [0.15, 0.2) is 5.16 Å². The van der Waals surface area contributed by atoms with Crippen LogP contribution in [0.4, 0.5) is 0 Å². The molecule has 3 N–H and O–H groups in total. The Morgan fingerprint density at radius 3 is 3.08 bits per heavy atom. The zero-order chi connectivity index (χ0) is 9.84. The molecule has 1 heterocycles. The summed E-state index contributed by atoms with van der Waals surface area (Å²) in [6.45, 7) is 3.19. The molecule has 1 amide bonds. The molecule has 0 aromatic rings. The van der Waals surface area contributed by atoms with Crippen LogP contribution in [0.5, 0.6) is 0 Å². The first kappa shape index (κ1) is 9.83. The predicted octanol–water partition coefficient (Wildman–Crippen LogP) is -0.00870. The quantitative estimate of drug-likeness (QED) is 0.275. The minimum absolute atomic E-state index is 0.0163. The van der Waals surface area contributed by atoms with E-state index < -0.39 is 0 Å². The molecule has 0 spiro atoms. The van der Waals surface area contributed by atoms with Gasteiger partial charge in [0.15, 0.2) is 0 Å². The van der Waals surface area contributed by atoms with Gasteiger partial charge in [0.05, 0.1) is 0 Å². The van der Waals surface area contributed by atoms with E-state index in [-0.39, 0.29) is 17.7 Å². The molecular formula is C8H15N3O2. The number of carbonyl (C=O) groups is 1. The number of carbonyl (C=O) groups excluding carboxylic acids is 1. The Hall–Kier alpha value is -1.26. The van der Waals surface area contributed by atoms with Crippen molar-refractivity contribution in [2.45, 2.75) is 19.8 Å². The Bertz CT molecular complexity index is 227. The molecule has 1 unspecified atom stereocenters. The lowest BCUT2D eigenvalue weighted by Crippen LogP contribution is -2.44. The van der Waals surface area contributed by atoms with Crippen molar-refractivity contribution >= 4 is 11.7 Å². The third-order valence-electron chi connectivity index (χ3n) is 2.42. The average molecular weight is 185 g/mol. The van der Waals surface area contributed by atoms with Crippen molar-refractivity contribution in [3.05, 3.63) is 0 Å². The summed E-state index contributed by atoms with van der Waals surface area (Å²) >= 11 is 0. The van der Waals surface area contributed by atoms with Gasteiger partial charge in [0.1, 0.15) is 5.84 Å². The van der Waals surface area contributed by atoms with Gasteiger partial charge in [-0.1, -0.05) is 5.16 Å². The van der Waals surface area contributed by atoms with Crippen LogP contribution in [-0.2, 0) is 4.79 Å². The van der Waals surface area contributed by atoms with Crippen LogP contribution in [0.1, 0.15) is 19.8 Å². The molecule has 74 valence electrons. The van der Waals surface area contributed by atoms with Crippen LogP contribution < -0.4 is 5.73 Å². The van der Waals surface area contributed by atoms with Gasteiger partial charge < -0.3 is 15.8 Å². The maximum Gasteiger partial charge on any atom is 0.222 e. The minimum atomic E-state index is 0.0163. The molecule has 1 atom stereocenters. The molecule has 0 aromatic heterocycles. The summed E-state index contributed by atoms with van der Waals surface area (Å²) in [7, 11) is 0. The van der Waals surface area contributed by atoms with Crippen LogP contribution in [0, 0.1) is 5.92 Å². The molecule has 1 rings (SSSR count). The van der Waals surface area contributed by atoms with Crippen molar-refractivity contribution in [1.82, 2.24) is 4.90 Å². The number of rotatable bonds is 2. The number of nitrogens with two attached hydrogens (primary N) is 1. The van der Waals surface area contributed by atoms with E-state index in [0.717, 1.165) is 0 Å². The van der Waals surface area contributed by atoms with Crippen molar-refractivity contribution in [3.63, 3.8) is 0 Å². The first-order chi connectivity index (χ1) is 6.19. The minimum Gasteiger partial charge on any atom is -0.409 e.